The van der Waals surface area contributed by atoms with E-state index in [0.29, 0.717) is 18.3 Å². The van der Waals surface area contributed by atoms with Gasteiger partial charge in [-0.2, -0.15) is 0 Å². The highest BCUT2D eigenvalue weighted by Crippen LogP contribution is 2.30. The van der Waals surface area contributed by atoms with Crippen molar-refractivity contribution in [2.45, 2.75) is 52.0 Å². The average molecular weight is 263 g/mol. The lowest BCUT2D eigenvalue weighted by atomic mass is 9.78. The van der Waals surface area contributed by atoms with Gasteiger partial charge in [0.1, 0.15) is 0 Å². The highest BCUT2D eigenvalue weighted by Gasteiger charge is 2.30. The Balaban J connectivity index is 2.58. The van der Waals surface area contributed by atoms with Gasteiger partial charge in [-0.15, -0.1) is 0 Å². The van der Waals surface area contributed by atoms with Crippen molar-refractivity contribution in [3.8, 4) is 0 Å². The van der Waals surface area contributed by atoms with E-state index in [9.17, 15) is 8.42 Å². The minimum Gasteiger partial charge on any atom is -0.396 e. The molecule has 0 aromatic heterocycles. The van der Waals surface area contributed by atoms with Gasteiger partial charge in [0, 0.05) is 12.6 Å². The molecule has 102 valence electrons. The maximum Gasteiger partial charge on any atom is 0.211 e. The van der Waals surface area contributed by atoms with Gasteiger partial charge in [0.15, 0.2) is 0 Å². The first kappa shape index (κ1) is 14.9. The van der Waals surface area contributed by atoms with Crippen molar-refractivity contribution in [2.24, 2.45) is 11.8 Å². The molecule has 0 heterocycles. The number of hydrogen-bond donors (Lipinski definition) is 2. The van der Waals surface area contributed by atoms with Crippen LogP contribution in [-0.4, -0.2) is 31.9 Å². The van der Waals surface area contributed by atoms with E-state index in [1.165, 1.54) is 6.42 Å². The van der Waals surface area contributed by atoms with E-state index in [1.807, 2.05) is 0 Å². The van der Waals surface area contributed by atoms with Crippen LogP contribution < -0.4 is 4.72 Å². The van der Waals surface area contributed by atoms with Gasteiger partial charge in [-0.25, -0.2) is 13.1 Å². The second-order valence-corrected chi connectivity index (χ2v) is 7.19. The Morgan fingerprint density at radius 1 is 1.29 bits per heavy atom. The fourth-order valence-corrected chi connectivity index (χ4v) is 4.03. The van der Waals surface area contributed by atoms with Gasteiger partial charge < -0.3 is 5.11 Å². The van der Waals surface area contributed by atoms with E-state index in [1.54, 1.807) is 0 Å². The molecular weight excluding hydrogens is 238 g/mol. The fraction of sp³-hybridized carbons (Fsp3) is 1.00. The minimum absolute atomic E-state index is 0.0326. The Labute approximate surface area is 105 Å². The predicted octanol–water partition coefficient (Wildman–Crippen LogP) is 1.50. The molecule has 0 saturated heterocycles. The van der Waals surface area contributed by atoms with Crippen LogP contribution in [0.5, 0.6) is 0 Å². The second kappa shape index (κ2) is 6.71. The van der Waals surface area contributed by atoms with Gasteiger partial charge in [-0.3, -0.25) is 0 Å². The molecule has 0 radical (unpaired) electrons. The van der Waals surface area contributed by atoms with Crippen LogP contribution in [0.3, 0.4) is 0 Å². The fourth-order valence-electron chi connectivity index (χ4n) is 2.65. The van der Waals surface area contributed by atoms with Gasteiger partial charge in [0.25, 0.3) is 0 Å². The number of nitrogens with one attached hydrogen (secondary N) is 1. The summed E-state index contributed by atoms with van der Waals surface area (Å²) in [6, 6.07) is 0.0902. The summed E-state index contributed by atoms with van der Waals surface area (Å²) in [4.78, 5) is 0. The van der Waals surface area contributed by atoms with Crippen molar-refractivity contribution in [1.29, 1.82) is 0 Å². The lowest BCUT2D eigenvalue weighted by Gasteiger charge is -2.34. The largest absolute Gasteiger partial charge is 0.396 e. The van der Waals surface area contributed by atoms with Gasteiger partial charge in [0.05, 0.1) is 5.75 Å². The maximum absolute atomic E-state index is 11.8. The Hall–Kier alpha value is -0.130. The quantitative estimate of drug-likeness (QED) is 0.763. The Bertz CT molecular complexity index is 314. The van der Waals surface area contributed by atoms with E-state index in [2.05, 4.69) is 18.6 Å². The Morgan fingerprint density at radius 3 is 2.53 bits per heavy atom. The van der Waals surface area contributed by atoms with Crippen LogP contribution in [-0.2, 0) is 10.0 Å². The van der Waals surface area contributed by atoms with Gasteiger partial charge in [-0.1, -0.05) is 26.7 Å². The Morgan fingerprint density at radius 2 is 1.94 bits per heavy atom. The van der Waals surface area contributed by atoms with E-state index in [4.69, 9.17) is 5.11 Å². The van der Waals surface area contributed by atoms with Gasteiger partial charge >= 0.3 is 0 Å². The lowest BCUT2D eigenvalue weighted by Crippen LogP contribution is -2.44. The van der Waals surface area contributed by atoms with E-state index < -0.39 is 10.0 Å². The van der Waals surface area contributed by atoms with E-state index >= 15 is 0 Å². The average Bonchev–Trinajstić information content (AvgIpc) is 2.26. The predicted molar refractivity (Wildman–Crippen MR) is 69.2 cm³/mol. The zero-order valence-corrected chi connectivity index (χ0v) is 11.7. The monoisotopic (exact) mass is 263 g/mol. The minimum atomic E-state index is -3.22. The first-order valence-electron chi connectivity index (χ1n) is 6.57. The van der Waals surface area contributed by atoms with Crippen LogP contribution in [0.15, 0.2) is 0 Å². The number of aliphatic hydroxyl groups is 1. The molecule has 0 aliphatic heterocycles. The summed E-state index contributed by atoms with van der Waals surface area (Å²) in [5, 5.41) is 8.68. The molecular formula is C12H25NO3S. The molecule has 2 unspecified atom stereocenters. The van der Waals surface area contributed by atoms with Crippen LogP contribution in [0.4, 0.5) is 0 Å². The second-order valence-electron chi connectivity index (χ2n) is 5.31. The summed E-state index contributed by atoms with van der Waals surface area (Å²) in [7, 11) is -3.22. The third-order valence-corrected chi connectivity index (χ3v) is 5.07. The molecule has 0 aromatic rings. The van der Waals surface area contributed by atoms with Crippen molar-refractivity contribution < 1.29 is 13.5 Å². The summed E-state index contributed by atoms with van der Waals surface area (Å²) in [6.07, 6.45) is 4.69. The zero-order valence-electron chi connectivity index (χ0n) is 10.9. The standard InChI is InChI=1S/C12H25NO3S/c1-10(2)11-6-3-4-7-12(11)13-17(15,16)9-5-8-14/h10-14H,3-9H2,1-2H3. The van der Waals surface area contributed by atoms with Gasteiger partial charge in [-0.05, 0) is 31.1 Å². The first-order chi connectivity index (χ1) is 7.96. The molecule has 0 spiro atoms. The van der Waals surface area contributed by atoms with Crippen molar-refractivity contribution in [3.63, 3.8) is 0 Å². The molecule has 2 N–H and O–H groups in total. The van der Waals surface area contributed by atoms with Crippen LogP contribution in [0.1, 0.15) is 46.0 Å². The lowest BCUT2D eigenvalue weighted by molar-refractivity contribution is 0.226. The number of aliphatic hydroxyl groups excluding tert-OH is 1. The highest BCUT2D eigenvalue weighted by atomic mass is 32.2. The third kappa shape index (κ3) is 4.94. The molecule has 1 saturated carbocycles. The third-order valence-electron chi connectivity index (χ3n) is 3.58. The van der Waals surface area contributed by atoms with Crippen molar-refractivity contribution >= 4 is 10.0 Å². The van der Waals surface area contributed by atoms with Crippen molar-refractivity contribution in [2.75, 3.05) is 12.4 Å². The number of rotatable bonds is 6. The molecule has 4 nitrogen and oxygen atoms in total. The summed E-state index contributed by atoms with van der Waals surface area (Å²) >= 11 is 0. The molecule has 0 bridgehead atoms. The summed E-state index contributed by atoms with van der Waals surface area (Å²) in [5.41, 5.74) is 0. The molecule has 2 atom stereocenters. The van der Waals surface area contributed by atoms with Crippen molar-refractivity contribution in [3.05, 3.63) is 0 Å². The zero-order chi connectivity index (χ0) is 12.9. The molecule has 1 fully saturated rings. The summed E-state index contributed by atoms with van der Waals surface area (Å²) in [6.45, 7) is 4.25. The van der Waals surface area contributed by atoms with Crippen LogP contribution in [0.25, 0.3) is 0 Å². The molecule has 1 rings (SSSR count). The Kier molecular flexibility index (Phi) is 5.89. The van der Waals surface area contributed by atoms with Crippen LogP contribution in [0.2, 0.25) is 0 Å². The van der Waals surface area contributed by atoms with Crippen LogP contribution in [0, 0.1) is 11.8 Å². The molecule has 0 aromatic carbocycles. The van der Waals surface area contributed by atoms with E-state index in [0.717, 1.165) is 19.3 Å². The van der Waals surface area contributed by atoms with Crippen molar-refractivity contribution in [1.82, 2.24) is 4.72 Å². The molecule has 1 aliphatic rings. The molecule has 1 aliphatic carbocycles. The number of sulfonamides is 1. The maximum atomic E-state index is 11.8. The smallest absolute Gasteiger partial charge is 0.211 e. The first-order valence-corrected chi connectivity index (χ1v) is 8.22. The molecule has 5 heteroatoms. The summed E-state index contributed by atoms with van der Waals surface area (Å²) in [5.74, 6) is 0.999. The van der Waals surface area contributed by atoms with E-state index in [-0.39, 0.29) is 18.4 Å². The topological polar surface area (TPSA) is 66.4 Å². The number of hydrogen-bond acceptors (Lipinski definition) is 3. The van der Waals surface area contributed by atoms with Gasteiger partial charge in [0.2, 0.25) is 10.0 Å². The summed E-state index contributed by atoms with van der Waals surface area (Å²) < 4.78 is 26.4. The normalized spacial score (nSPS) is 26.4. The SMILES string of the molecule is CC(C)C1CCCCC1NS(=O)(=O)CCCO. The highest BCUT2D eigenvalue weighted by molar-refractivity contribution is 7.89. The molecule has 17 heavy (non-hydrogen) atoms. The molecule has 0 amide bonds. The van der Waals surface area contributed by atoms with Crippen LogP contribution >= 0.6 is 0 Å².